The lowest BCUT2D eigenvalue weighted by Crippen LogP contribution is -2.51. The van der Waals surface area contributed by atoms with Gasteiger partial charge in [0.25, 0.3) is 5.56 Å². The first-order valence-electron chi connectivity index (χ1n) is 10.1. The summed E-state index contributed by atoms with van der Waals surface area (Å²) < 4.78 is 1.55. The summed E-state index contributed by atoms with van der Waals surface area (Å²) in [5.41, 5.74) is 0.713. The van der Waals surface area contributed by atoms with Crippen LogP contribution in [0.4, 0.5) is 4.79 Å². The molecule has 9 nitrogen and oxygen atoms in total. The fourth-order valence-corrected chi connectivity index (χ4v) is 4.70. The number of nitrogens with zero attached hydrogens (tertiary/aromatic N) is 4. The van der Waals surface area contributed by atoms with Gasteiger partial charge >= 0.3 is 6.03 Å². The van der Waals surface area contributed by atoms with Crippen LogP contribution in [0.25, 0.3) is 4.96 Å². The molecule has 0 atom stereocenters. The molecule has 1 aliphatic carbocycles. The molecule has 156 valence electrons. The van der Waals surface area contributed by atoms with Crippen molar-refractivity contribution in [2.45, 2.75) is 38.3 Å². The van der Waals surface area contributed by atoms with Crippen LogP contribution in [0.15, 0.2) is 22.4 Å². The average molecular weight is 419 g/mol. The fourth-order valence-electron chi connectivity index (χ4n) is 3.96. The highest BCUT2D eigenvalue weighted by atomic mass is 32.1. The number of fused-ring (bicyclic) bond motifs is 1. The summed E-state index contributed by atoms with van der Waals surface area (Å²) in [5.74, 6) is -0.271. The Morgan fingerprint density at radius 2 is 1.86 bits per heavy atom. The number of aromatic nitrogens is 2. The van der Waals surface area contributed by atoms with Gasteiger partial charge in [-0.25, -0.2) is 9.78 Å². The Bertz CT molecular complexity index is 927. The number of rotatable bonds is 5. The highest BCUT2D eigenvalue weighted by Crippen LogP contribution is 2.17. The van der Waals surface area contributed by atoms with Crippen molar-refractivity contribution in [3.63, 3.8) is 0 Å². The van der Waals surface area contributed by atoms with Crippen LogP contribution < -0.4 is 16.2 Å². The molecule has 0 bridgehead atoms. The van der Waals surface area contributed by atoms with E-state index in [0.717, 1.165) is 57.6 Å². The second-order valence-electron chi connectivity index (χ2n) is 7.70. The van der Waals surface area contributed by atoms with E-state index in [4.69, 9.17) is 0 Å². The molecule has 1 saturated carbocycles. The maximum absolute atomic E-state index is 12.1. The smallest absolute Gasteiger partial charge is 0.321 e. The summed E-state index contributed by atoms with van der Waals surface area (Å²) in [7, 11) is 0. The second-order valence-corrected chi connectivity index (χ2v) is 8.57. The Labute approximate surface area is 172 Å². The predicted octanol–water partition coefficient (Wildman–Crippen LogP) is 0.642. The predicted molar refractivity (Wildman–Crippen MR) is 110 cm³/mol. The van der Waals surface area contributed by atoms with E-state index in [0.29, 0.717) is 11.5 Å². The molecule has 2 N–H and O–H groups in total. The zero-order chi connectivity index (χ0) is 20.2. The zero-order valence-corrected chi connectivity index (χ0v) is 17.1. The van der Waals surface area contributed by atoms with Crippen molar-refractivity contribution in [3.8, 4) is 0 Å². The molecule has 3 amide bonds. The topological polar surface area (TPSA) is 99.1 Å². The van der Waals surface area contributed by atoms with Gasteiger partial charge in [0.05, 0.1) is 12.2 Å². The lowest BCUT2D eigenvalue weighted by molar-refractivity contribution is -0.121. The molecule has 2 fully saturated rings. The standard InChI is InChI=1S/C19H26N6O3S/c26-16(22-18(28)20-14-3-1-2-4-14)13-24-7-5-23(6-8-24)12-15-11-17(27)25-9-10-29-19(25)21-15/h9-11,14H,1-8,12-13H2,(H2,20,22,26,28). The maximum Gasteiger partial charge on any atom is 0.321 e. The first kappa shape index (κ1) is 20.0. The monoisotopic (exact) mass is 418 g/mol. The maximum atomic E-state index is 12.1. The number of amides is 3. The van der Waals surface area contributed by atoms with Gasteiger partial charge in [0.1, 0.15) is 0 Å². The van der Waals surface area contributed by atoms with Crippen molar-refractivity contribution in [1.82, 2.24) is 29.8 Å². The minimum Gasteiger partial charge on any atom is -0.335 e. The normalized spacial score (nSPS) is 18.9. The number of piperazine rings is 1. The number of urea groups is 1. The van der Waals surface area contributed by atoms with Crippen LogP contribution in [0.3, 0.4) is 0 Å². The van der Waals surface area contributed by atoms with E-state index in [1.165, 1.54) is 11.3 Å². The first-order chi connectivity index (χ1) is 14.1. The number of thiazole rings is 1. The Morgan fingerprint density at radius 1 is 1.14 bits per heavy atom. The van der Waals surface area contributed by atoms with Gasteiger partial charge in [-0.05, 0) is 12.8 Å². The molecule has 1 aliphatic heterocycles. The van der Waals surface area contributed by atoms with Gasteiger partial charge in [-0.2, -0.15) is 0 Å². The Hall–Kier alpha value is -2.30. The lowest BCUT2D eigenvalue weighted by Gasteiger charge is -2.33. The molecule has 2 aliphatic rings. The molecule has 2 aromatic rings. The van der Waals surface area contributed by atoms with Crippen molar-refractivity contribution in [2.75, 3.05) is 32.7 Å². The van der Waals surface area contributed by atoms with Crippen LogP contribution in [0, 0.1) is 0 Å². The van der Waals surface area contributed by atoms with Gasteiger partial charge in [-0.15, -0.1) is 11.3 Å². The van der Waals surface area contributed by atoms with Crippen LogP contribution >= 0.6 is 11.3 Å². The van der Waals surface area contributed by atoms with Crippen LogP contribution in [-0.4, -0.2) is 69.9 Å². The summed E-state index contributed by atoms with van der Waals surface area (Å²) >= 11 is 1.45. The third-order valence-electron chi connectivity index (χ3n) is 5.52. The summed E-state index contributed by atoms with van der Waals surface area (Å²) in [6.07, 6.45) is 5.98. The van der Waals surface area contributed by atoms with Gasteiger partial charge in [0.2, 0.25) is 5.91 Å². The van der Waals surface area contributed by atoms with E-state index in [2.05, 4.69) is 20.5 Å². The Balaban J connectivity index is 1.21. The molecule has 29 heavy (non-hydrogen) atoms. The average Bonchev–Trinajstić information content (AvgIpc) is 3.35. The third kappa shape index (κ3) is 5.20. The van der Waals surface area contributed by atoms with E-state index >= 15 is 0 Å². The van der Waals surface area contributed by atoms with Gasteiger partial charge in [0, 0.05) is 56.4 Å². The van der Waals surface area contributed by atoms with E-state index in [1.807, 2.05) is 10.3 Å². The van der Waals surface area contributed by atoms with Gasteiger partial charge in [-0.1, -0.05) is 12.8 Å². The van der Waals surface area contributed by atoms with Crippen molar-refractivity contribution in [2.24, 2.45) is 0 Å². The Morgan fingerprint density at radius 3 is 2.62 bits per heavy atom. The van der Waals surface area contributed by atoms with E-state index in [1.54, 1.807) is 16.7 Å². The summed E-state index contributed by atoms with van der Waals surface area (Å²) in [5, 5.41) is 7.15. The number of nitrogens with one attached hydrogen (secondary N) is 2. The molecule has 10 heteroatoms. The summed E-state index contributed by atoms with van der Waals surface area (Å²) in [6.45, 7) is 3.87. The van der Waals surface area contributed by atoms with Gasteiger partial charge in [0.15, 0.2) is 4.96 Å². The largest absolute Gasteiger partial charge is 0.335 e. The molecule has 2 aromatic heterocycles. The lowest BCUT2D eigenvalue weighted by atomic mass is 10.2. The molecule has 1 saturated heterocycles. The highest BCUT2D eigenvalue weighted by Gasteiger charge is 2.22. The molecule has 0 radical (unpaired) electrons. The van der Waals surface area contributed by atoms with E-state index in [9.17, 15) is 14.4 Å². The van der Waals surface area contributed by atoms with Crippen LogP contribution in [0.5, 0.6) is 0 Å². The Kier molecular flexibility index (Phi) is 6.22. The molecule has 0 unspecified atom stereocenters. The minimum absolute atomic E-state index is 0.0579. The number of imide groups is 1. The van der Waals surface area contributed by atoms with Crippen molar-refractivity contribution in [1.29, 1.82) is 0 Å². The minimum atomic E-state index is -0.387. The fraction of sp³-hybridized carbons (Fsp3) is 0.579. The van der Waals surface area contributed by atoms with E-state index < -0.39 is 0 Å². The molecular weight excluding hydrogens is 392 g/mol. The van der Waals surface area contributed by atoms with Crippen LogP contribution in [0.1, 0.15) is 31.4 Å². The van der Waals surface area contributed by atoms with Gasteiger partial charge < -0.3 is 5.32 Å². The quantitative estimate of drug-likeness (QED) is 0.740. The molecule has 4 rings (SSSR count). The number of hydrogen-bond acceptors (Lipinski definition) is 7. The van der Waals surface area contributed by atoms with Crippen LogP contribution in [-0.2, 0) is 11.3 Å². The highest BCUT2D eigenvalue weighted by molar-refractivity contribution is 7.15. The summed E-state index contributed by atoms with van der Waals surface area (Å²) in [4.78, 5) is 45.7. The molecular formula is C19H26N6O3S. The first-order valence-corrected chi connectivity index (χ1v) is 11.0. The number of hydrogen-bond donors (Lipinski definition) is 2. The second kappa shape index (κ2) is 9.02. The number of carbonyl (C=O) groups excluding carboxylic acids is 2. The van der Waals surface area contributed by atoms with Gasteiger partial charge in [-0.3, -0.25) is 29.1 Å². The SMILES string of the molecule is O=C(CN1CCN(Cc2cc(=O)n3ccsc3n2)CC1)NC(=O)NC1CCCC1. The van der Waals surface area contributed by atoms with Crippen molar-refractivity contribution < 1.29 is 9.59 Å². The number of carbonyl (C=O) groups is 2. The third-order valence-corrected chi connectivity index (χ3v) is 6.27. The summed E-state index contributed by atoms with van der Waals surface area (Å²) in [6, 6.07) is 1.39. The molecule has 3 heterocycles. The molecule has 0 spiro atoms. The van der Waals surface area contributed by atoms with E-state index in [-0.39, 0.29) is 30.1 Å². The molecule has 0 aromatic carbocycles. The zero-order valence-electron chi connectivity index (χ0n) is 16.3. The van der Waals surface area contributed by atoms with Crippen molar-refractivity contribution >= 4 is 28.2 Å². The van der Waals surface area contributed by atoms with Crippen molar-refractivity contribution in [3.05, 3.63) is 33.7 Å². The van der Waals surface area contributed by atoms with Crippen LogP contribution in [0.2, 0.25) is 0 Å².